The number of hydrogen-bond donors (Lipinski definition) is 2. The van der Waals surface area contributed by atoms with Crippen LogP contribution in [0.2, 0.25) is 0 Å². The summed E-state index contributed by atoms with van der Waals surface area (Å²) in [7, 11) is 0. The summed E-state index contributed by atoms with van der Waals surface area (Å²) >= 11 is 0. The highest BCUT2D eigenvalue weighted by atomic mass is 19.1. The van der Waals surface area contributed by atoms with Crippen LogP contribution in [0, 0.1) is 5.82 Å². The Kier molecular flexibility index (Phi) is 6.63. The summed E-state index contributed by atoms with van der Waals surface area (Å²) in [5.41, 5.74) is 10.3. The van der Waals surface area contributed by atoms with E-state index in [1.54, 1.807) is 55.6 Å². The minimum Gasteiger partial charge on any atom is -0.389 e. The van der Waals surface area contributed by atoms with Crippen LogP contribution in [0.4, 0.5) is 10.2 Å². The van der Waals surface area contributed by atoms with E-state index in [9.17, 15) is 9.50 Å². The van der Waals surface area contributed by atoms with Gasteiger partial charge >= 0.3 is 0 Å². The zero-order valence-corrected chi connectivity index (χ0v) is 23.2. The lowest BCUT2D eigenvalue weighted by molar-refractivity contribution is 0.0577. The Morgan fingerprint density at radius 2 is 1.71 bits per heavy atom. The molecule has 6 rings (SSSR count). The van der Waals surface area contributed by atoms with E-state index >= 15 is 0 Å². The molecule has 10 nitrogen and oxygen atoms in total. The van der Waals surface area contributed by atoms with Crippen molar-refractivity contribution in [3.05, 3.63) is 96.5 Å². The lowest BCUT2D eigenvalue weighted by Gasteiger charge is -2.28. The molecule has 41 heavy (non-hydrogen) atoms. The maximum Gasteiger partial charge on any atom is 0.156 e. The van der Waals surface area contributed by atoms with Gasteiger partial charge in [0.15, 0.2) is 11.6 Å². The first-order valence-electron chi connectivity index (χ1n) is 13.5. The second kappa shape index (κ2) is 10.2. The predicted molar refractivity (Wildman–Crippen MR) is 154 cm³/mol. The Hall–Kier alpha value is -4.48. The minimum atomic E-state index is -0.851. The summed E-state index contributed by atoms with van der Waals surface area (Å²) in [5, 5.41) is 18.9. The average Bonchev–Trinajstić information content (AvgIpc) is 3.59. The number of fused-ring (bicyclic) bond motifs is 1. The van der Waals surface area contributed by atoms with Crippen molar-refractivity contribution in [1.82, 2.24) is 34.3 Å². The zero-order valence-electron chi connectivity index (χ0n) is 23.2. The number of anilines is 1. The summed E-state index contributed by atoms with van der Waals surface area (Å²) < 4.78 is 16.9. The van der Waals surface area contributed by atoms with Gasteiger partial charge in [0.2, 0.25) is 0 Å². The largest absolute Gasteiger partial charge is 0.389 e. The van der Waals surface area contributed by atoms with Crippen molar-refractivity contribution in [1.29, 1.82) is 0 Å². The number of aliphatic hydroxyl groups is 1. The molecule has 1 aliphatic heterocycles. The van der Waals surface area contributed by atoms with E-state index in [0.29, 0.717) is 18.9 Å². The molecule has 5 heterocycles. The Bertz CT molecular complexity index is 1710. The molecule has 3 N–H and O–H groups in total. The minimum absolute atomic E-state index is 0.301. The fraction of sp³-hybridized carbons (Fsp3) is 0.300. The molecule has 4 aromatic heterocycles. The molecular weight excluding hydrogens is 521 g/mol. The zero-order chi connectivity index (χ0) is 28.8. The monoisotopic (exact) mass is 553 g/mol. The van der Waals surface area contributed by atoms with Gasteiger partial charge in [-0.3, -0.25) is 4.68 Å². The van der Waals surface area contributed by atoms with Crippen LogP contribution in [0.1, 0.15) is 44.1 Å². The number of benzene rings is 1. The van der Waals surface area contributed by atoms with Crippen LogP contribution in [0.15, 0.2) is 73.7 Å². The second-order valence-corrected chi connectivity index (χ2v) is 11.3. The fourth-order valence-electron chi connectivity index (χ4n) is 5.10. The topological polar surface area (TPSA) is 123 Å². The lowest BCUT2D eigenvalue weighted by Crippen LogP contribution is -2.34. The summed E-state index contributed by atoms with van der Waals surface area (Å²) in [6, 6.07) is 8.24. The van der Waals surface area contributed by atoms with Crippen LogP contribution in [-0.2, 0) is 12.1 Å². The quantitative estimate of drug-likeness (QED) is 0.312. The molecule has 1 aliphatic rings. The van der Waals surface area contributed by atoms with Crippen molar-refractivity contribution < 1.29 is 9.50 Å². The van der Waals surface area contributed by atoms with Gasteiger partial charge in [0.05, 0.1) is 23.9 Å². The van der Waals surface area contributed by atoms with Gasteiger partial charge < -0.3 is 15.7 Å². The molecule has 5 aromatic rings. The predicted octanol–water partition coefficient (Wildman–Crippen LogP) is 3.81. The third-order valence-electron chi connectivity index (χ3n) is 7.39. The first-order valence-corrected chi connectivity index (χ1v) is 13.5. The van der Waals surface area contributed by atoms with Gasteiger partial charge in [-0.1, -0.05) is 18.2 Å². The molecule has 0 saturated heterocycles. The first-order chi connectivity index (χ1) is 19.6. The van der Waals surface area contributed by atoms with Crippen molar-refractivity contribution >= 4 is 16.9 Å². The first kappa shape index (κ1) is 26.7. The Morgan fingerprint density at radius 3 is 2.39 bits per heavy atom. The number of nitrogens with zero attached hydrogens (tertiary/aromatic N) is 8. The maximum atomic E-state index is 13.4. The standard InChI is InChI=1S/C30H32FN9O/c1-29(2,41)18-39-16-22(13-36-39)21-12-26-28(35-19-37-40(26)17-21)38-10-8-20(9-11-38)27-33-14-24(15-34-27)30(3,32)23-4-6-25(31)7-5-23/h4-8,12-17,19,41H,9-11,18,32H2,1-3H3/t30-/m0/s1. The van der Waals surface area contributed by atoms with Gasteiger partial charge in [-0.05, 0) is 56.5 Å². The molecule has 1 aromatic carbocycles. The molecule has 0 aliphatic carbocycles. The van der Waals surface area contributed by atoms with Crippen molar-refractivity contribution in [3.8, 4) is 11.1 Å². The van der Waals surface area contributed by atoms with Gasteiger partial charge in [0.1, 0.15) is 17.7 Å². The molecular formula is C30H32FN9O. The van der Waals surface area contributed by atoms with Crippen LogP contribution >= 0.6 is 0 Å². The molecule has 0 saturated carbocycles. The van der Waals surface area contributed by atoms with Crippen molar-refractivity contribution in [2.24, 2.45) is 5.73 Å². The van der Waals surface area contributed by atoms with Crippen LogP contribution in [-0.4, -0.2) is 58.1 Å². The van der Waals surface area contributed by atoms with E-state index in [2.05, 4.69) is 42.2 Å². The molecule has 210 valence electrons. The highest BCUT2D eigenvalue weighted by molar-refractivity contribution is 5.78. The SMILES string of the molecule is CC(C)(O)Cn1cc(-c2cc3c(N4CC=C(c5ncc([C@@](C)(N)c6ccc(F)cc6)cn5)CC4)ncnn3c2)cn1. The van der Waals surface area contributed by atoms with Gasteiger partial charge in [-0.2, -0.15) is 10.2 Å². The summed E-state index contributed by atoms with van der Waals surface area (Å²) in [6.45, 7) is 7.19. The van der Waals surface area contributed by atoms with Gasteiger partial charge in [0, 0.05) is 54.6 Å². The molecule has 0 bridgehead atoms. The summed E-state index contributed by atoms with van der Waals surface area (Å²) in [6.07, 6.45) is 13.6. The van der Waals surface area contributed by atoms with E-state index in [-0.39, 0.29) is 5.82 Å². The highest BCUT2D eigenvalue weighted by Crippen LogP contribution is 2.30. The third-order valence-corrected chi connectivity index (χ3v) is 7.39. The van der Waals surface area contributed by atoms with E-state index < -0.39 is 11.1 Å². The molecule has 0 amide bonds. The molecule has 0 radical (unpaired) electrons. The van der Waals surface area contributed by atoms with Crippen molar-refractivity contribution in [2.75, 3.05) is 18.0 Å². The number of rotatable bonds is 7. The van der Waals surface area contributed by atoms with Gasteiger partial charge in [-0.25, -0.2) is 23.9 Å². The lowest BCUT2D eigenvalue weighted by atomic mass is 9.87. The summed E-state index contributed by atoms with van der Waals surface area (Å²) in [5.74, 6) is 1.22. The van der Waals surface area contributed by atoms with Crippen molar-refractivity contribution in [2.45, 2.75) is 44.9 Å². The van der Waals surface area contributed by atoms with Gasteiger partial charge in [-0.15, -0.1) is 0 Å². The molecule has 11 heteroatoms. The number of hydrogen-bond acceptors (Lipinski definition) is 8. The second-order valence-electron chi connectivity index (χ2n) is 11.3. The molecule has 0 fully saturated rings. The van der Waals surface area contributed by atoms with Gasteiger partial charge in [0.25, 0.3) is 0 Å². The number of halogens is 1. The van der Waals surface area contributed by atoms with Crippen LogP contribution in [0.3, 0.4) is 0 Å². The van der Waals surface area contributed by atoms with E-state index in [1.807, 2.05) is 23.8 Å². The smallest absolute Gasteiger partial charge is 0.156 e. The third kappa shape index (κ3) is 5.46. The van der Waals surface area contributed by atoms with E-state index in [0.717, 1.165) is 52.1 Å². The average molecular weight is 554 g/mol. The van der Waals surface area contributed by atoms with E-state index in [4.69, 9.17) is 5.73 Å². The number of nitrogens with two attached hydrogens (primary N) is 1. The highest BCUT2D eigenvalue weighted by Gasteiger charge is 2.26. The molecule has 0 spiro atoms. The molecule has 1 atom stereocenters. The van der Waals surface area contributed by atoms with E-state index in [1.165, 1.54) is 12.1 Å². The maximum absolute atomic E-state index is 13.4. The fourth-order valence-corrected chi connectivity index (χ4v) is 5.10. The van der Waals surface area contributed by atoms with Crippen LogP contribution in [0.25, 0.3) is 22.2 Å². The Balaban J connectivity index is 1.19. The van der Waals surface area contributed by atoms with Crippen molar-refractivity contribution in [3.63, 3.8) is 0 Å². The molecule has 0 unspecified atom stereocenters. The number of aromatic nitrogens is 7. The Labute approximate surface area is 237 Å². The van der Waals surface area contributed by atoms with Crippen LogP contribution in [0.5, 0.6) is 0 Å². The Morgan fingerprint density at radius 1 is 0.951 bits per heavy atom. The summed E-state index contributed by atoms with van der Waals surface area (Å²) in [4.78, 5) is 16.0. The normalized spacial score (nSPS) is 15.7. The van der Waals surface area contributed by atoms with Crippen LogP contribution < -0.4 is 10.6 Å².